The molecule has 0 radical (unpaired) electrons. The zero-order chi connectivity index (χ0) is 18.8. The summed E-state index contributed by atoms with van der Waals surface area (Å²) in [7, 11) is 0. The molecule has 0 aliphatic rings. The Balaban J connectivity index is 1.83. The molecule has 0 unspecified atom stereocenters. The van der Waals surface area contributed by atoms with Crippen LogP contribution in [-0.2, 0) is 11.3 Å². The second-order valence-corrected chi connectivity index (χ2v) is 8.03. The van der Waals surface area contributed by atoms with E-state index in [0.29, 0.717) is 17.6 Å². The molecule has 0 aliphatic heterocycles. The van der Waals surface area contributed by atoms with Gasteiger partial charge in [-0.3, -0.25) is 4.79 Å². The first-order valence-corrected chi connectivity index (χ1v) is 10.6. The number of hydrogen-bond donors (Lipinski definition) is 3. The van der Waals surface area contributed by atoms with Gasteiger partial charge in [-0.2, -0.15) is 4.99 Å². The van der Waals surface area contributed by atoms with Crippen LogP contribution in [-0.4, -0.2) is 23.4 Å². The lowest BCUT2D eigenvalue weighted by atomic mass is 10.1. The Morgan fingerprint density at radius 1 is 1.23 bits per heavy atom. The standard InChI is InChI=1S/C18H27N5OS2/c1-3-4-5-6-7-10-20-17(19)23-18-22-15(12-25-18)16-9-8-14(26-16)11-21-13(2)24/h8-9,12H,3-7,10-11H2,1-2H3,(H,21,24)(H3,19,20,22,23). The number of hydrogen-bond acceptors (Lipinski definition) is 5. The molecule has 2 heterocycles. The topological polar surface area (TPSA) is 92.4 Å². The molecule has 0 bridgehead atoms. The number of thiophene rings is 1. The van der Waals surface area contributed by atoms with Crippen LogP contribution >= 0.6 is 22.7 Å². The van der Waals surface area contributed by atoms with Gasteiger partial charge in [-0.25, -0.2) is 4.98 Å². The first-order valence-electron chi connectivity index (χ1n) is 8.95. The van der Waals surface area contributed by atoms with E-state index in [9.17, 15) is 4.79 Å². The highest BCUT2D eigenvalue weighted by molar-refractivity contribution is 7.16. The minimum Gasteiger partial charge on any atom is -0.370 e. The molecule has 4 N–H and O–H groups in total. The Hall–Kier alpha value is -1.93. The Morgan fingerprint density at radius 2 is 2.04 bits per heavy atom. The van der Waals surface area contributed by atoms with Crippen LogP contribution in [0.2, 0.25) is 0 Å². The molecule has 2 aromatic heterocycles. The third-order valence-corrected chi connectivity index (χ3v) is 5.56. The zero-order valence-corrected chi connectivity index (χ0v) is 17.0. The van der Waals surface area contributed by atoms with Crippen LogP contribution in [0.1, 0.15) is 50.8 Å². The van der Waals surface area contributed by atoms with E-state index in [0.717, 1.165) is 28.4 Å². The van der Waals surface area contributed by atoms with Gasteiger partial charge in [0.25, 0.3) is 0 Å². The van der Waals surface area contributed by atoms with Crippen LogP contribution in [0.15, 0.2) is 22.5 Å². The molecule has 6 nitrogen and oxygen atoms in total. The zero-order valence-electron chi connectivity index (χ0n) is 15.4. The van der Waals surface area contributed by atoms with Gasteiger partial charge in [-0.05, 0) is 18.6 Å². The molecule has 0 saturated heterocycles. The minimum absolute atomic E-state index is 0.0291. The summed E-state index contributed by atoms with van der Waals surface area (Å²) in [4.78, 5) is 22.0. The lowest BCUT2D eigenvalue weighted by Crippen LogP contribution is -2.31. The molecule has 26 heavy (non-hydrogen) atoms. The lowest BCUT2D eigenvalue weighted by molar-refractivity contribution is -0.119. The first-order chi connectivity index (χ1) is 12.6. The van der Waals surface area contributed by atoms with Crippen molar-refractivity contribution in [3.05, 3.63) is 22.4 Å². The summed E-state index contributed by atoms with van der Waals surface area (Å²) >= 11 is 3.09. The van der Waals surface area contributed by atoms with E-state index >= 15 is 0 Å². The number of aliphatic imine (C=N–C) groups is 1. The van der Waals surface area contributed by atoms with Crippen LogP contribution in [0.5, 0.6) is 0 Å². The van der Waals surface area contributed by atoms with Crippen molar-refractivity contribution in [3.63, 3.8) is 0 Å². The Kier molecular flexibility index (Phi) is 8.57. The number of guanidine groups is 1. The number of nitrogens with one attached hydrogen (secondary N) is 2. The predicted molar refractivity (Wildman–Crippen MR) is 111 cm³/mol. The summed E-state index contributed by atoms with van der Waals surface area (Å²) in [6.07, 6.45) is 6.14. The van der Waals surface area contributed by atoms with Gasteiger partial charge < -0.3 is 16.4 Å². The fourth-order valence-electron chi connectivity index (χ4n) is 2.34. The number of nitrogens with zero attached hydrogens (tertiary/aromatic N) is 2. The van der Waals surface area contributed by atoms with Crippen molar-refractivity contribution in [3.8, 4) is 10.6 Å². The van der Waals surface area contributed by atoms with Crippen LogP contribution in [0.3, 0.4) is 0 Å². The molecular formula is C18H27N5OS2. The molecule has 0 spiro atoms. The molecule has 2 aromatic rings. The summed E-state index contributed by atoms with van der Waals surface area (Å²) in [6.45, 7) is 5.12. The Morgan fingerprint density at radius 3 is 2.81 bits per heavy atom. The first kappa shape index (κ1) is 20.4. The van der Waals surface area contributed by atoms with Crippen molar-refractivity contribution in [2.75, 3.05) is 6.54 Å². The van der Waals surface area contributed by atoms with Crippen molar-refractivity contribution < 1.29 is 4.79 Å². The number of rotatable bonds is 10. The molecule has 0 saturated carbocycles. The highest BCUT2D eigenvalue weighted by Crippen LogP contribution is 2.31. The lowest BCUT2D eigenvalue weighted by Gasteiger charge is -2.04. The van der Waals surface area contributed by atoms with E-state index < -0.39 is 0 Å². The molecule has 1 amide bonds. The molecule has 0 aliphatic carbocycles. The number of carbonyl (C=O) groups excluding carboxylic acids is 1. The Labute approximate surface area is 162 Å². The molecular weight excluding hydrogens is 366 g/mol. The van der Waals surface area contributed by atoms with Crippen LogP contribution in [0.25, 0.3) is 10.6 Å². The summed E-state index contributed by atoms with van der Waals surface area (Å²) in [5.41, 5.74) is 6.82. The largest absolute Gasteiger partial charge is 0.370 e. The maximum absolute atomic E-state index is 11.0. The Bertz CT molecular complexity index is 723. The monoisotopic (exact) mass is 393 g/mol. The van der Waals surface area contributed by atoms with Gasteiger partial charge in [0.2, 0.25) is 11.0 Å². The SMILES string of the molecule is CCCCCCCN/C(N)=N/c1nc(-c2ccc(CNC(C)=O)s2)cs1. The van der Waals surface area contributed by atoms with Gasteiger partial charge in [0.05, 0.1) is 17.1 Å². The van der Waals surface area contributed by atoms with E-state index in [1.54, 1.807) is 11.3 Å². The summed E-state index contributed by atoms with van der Waals surface area (Å²) < 4.78 is 0. The van der Waals surface area contributed by atoms with Crippen molar-refractivity contribution in [1.82, 2.24) is 15.6 Å². The third-order valence-electron chi connectivity index (χ3n) is 3.72. The van der Waals surface area contributed by atoms with Gasteiger partial charge in [-0.15, -0.1) is 22.7 Å². The van der Waals surface area contributed by atoms with Gasteiger partial charge >= 0.3 is 0 Å². The molecule has 0 fully saturated rings. The van der Waals surface area contributed by atoms with E-state index in [-0.39, 0.29) is 5.91 Å². The smallest absolute Gasteiger partial charge is 0.217 e. The maximum Gasteiger partial charge on any atom is 0.217 e. The molecule has 142 valence electrons. The molecule has 0 atom stereocenters. The fourth-order valence-corrected chi connectivity index (χ4v) is 4.02. The van der Waals surface area contributed by atoms with Gasteiger partial charge in [0.15, 0.2) is 5.96 Å². The summed E-state index contributed by atoms with van der Waals surface area (Å²) in [6, 6.07) is 4.02. The van der Waals surface area contributed by atoms with Crippen molar-refractivity contribution in [2.45, 2.75) is 52.5 Å². The van der Waals surface area contributed by atoms with Gasteiger partial charge in [0, 0.05) is 23.7 Å². The van der Waals surface area contributed by atoms with Crippen LogP contribution in [0.4, 0.5) is 5.13 Å². The van der Waals surface area contributed by atoms with Crippen molar-refractivity contribution in [2.24, 2.45) is 10.7 Å². The number of aromatic nitrogens is 1. The average molecular weight is 394 g/mol. The number of nitrogens with two attached hydrogens (primary N) is 1. The second-order valence-electron chi connectivity index (χ2n) is 6.03. The van der Waals surface area contributed by atoms with E-state index in [1.807, 2.05) is 17.5 Å². The molecule has 0 aromatic carbocycles. The number of thiazole rings is 1. The average Bonchev–Trinajstić information content (AvgIpc) is 3.25. The van der Waals surface area contributed by atoms with Gasteiger partial charge in [0.1, 0.15) is 0 Å². The van der Waals surface area contributed by atoms with Crippen molar-refractivity contribution in [1.29, 1.82) is 0 Å². The summed E-state index contributed by atoms with van der Waals surface area (Å²) in [5.74, 6) is 0.387. The normalized spacial score (nSPS) is 11.5. The number of amides is 1. The molecule has 2 rings (SSSR count). The van der Waals surface area contributed by atoms with E-state index in [2.05, 4.69) is 27.5 Å². The maximum atomic E-state index is 11.0. The predicted octanol–water partition coefficient (Wildman–Crippen LogP) is 4.01. The van der Waals surface area contributed by atoms with Crippen LogP contribution in [0, 0.1) is 0 Å². The van der Waals surface area contributed by atoms with Crippen molar-refractivity contribution >= 4 is 39.7 Å². The quantitative estimate of drug-likeness (QED) is 0.323. The summed E-state index contributed by atoms with van der Waals surface area (Å²) in [5, 5.41) is 8.57. The third kappa shape index (κ3) is 7.13. The van der Waals surface area contributed by atoms with E-state index in [4.69, 9.17) is 5.73 Å². The number of unbranched alkanes of at least 4 members (excludes halogenated alkanes) is 4. The minimum atomic E-state index is -0.0291. The number of carbonyl (C=O) groups is 1. The second kappa shape index (κ2) is 10.9. The highest BCUT2D eigenvalue weighted by Gasteiger charge is 2.08. The van der Waals surface area contributed by atoms with Gasteiger partial charge in [-0.1, -0.05) is 32.6 Å². The molecule has 8 heteroatoms. The van der Waals surface area contributed by atoms with Crippen LogP contribution < -0.4 is 16.4 Å². The van der Waals surface area contributed by atoms with E-state index in [1.165, 1.54) is 43.9 Å². The fraction of sp³-hybridized carbons (Fsp3) is 0.500. The highest BCUT2D eigenvalue weighted by atomic mass is 32.1.